The minimum Gasteiger partial charge on any atom is -0.496 e. The Balaban J connectivity index is 3.05. The van der Waals surface area contributed by atoms with Crippen molar-refractivity contribution in [1.82, 2.24) is 4.90 Å². The van der Waals surface area contributed by atoms with Crippen LogP contribution in [0.3, 0.4) is 0 Å². The smallest absolute Gasteiger partial charge is 0.122 e. The molecule has 3 heteroatoms. The fraction of sp³-hybridized carbons (Fsp3) is 0.571. The summed E-state index contributed by atoms with van der Waals surface area (Å²) >= 11 is 5.79. The highest BCUT2D eigenvalue weighted by Gasteiger charge is 2.19. The summed E-state index contributed by atoms with van der Waals surface area (Å²) in [5.74, 6) is 0.953. The molecule has 1 aromatic carbocycles. The van der Waals surface area contributed by atoms with E-state index in [9.17, 15) is 0 Å². The van der Waals surface area contributed by atoms with Gasteiger partial charge < -0.3 is 4.74 Å². The van der Waals surface area contributed by atoms with E-state index in [0.29, 0.717) is 6.00 Å². The normalized spacial score (nSPS) is 11.9. The van der Waals surface area contributed by atoms with Crippen LogP contribution in [0.15, 0.2) is 18.2 Å². The van der Waals surface area contributed by atoms with Crippen LogP contribution in [0, 0.1) is 0 Å². The van der Waals surface area contributed by atoms with Gasteiger partial charge in [-0.15, -0.1) is 11.6 Å². The van der Waals surface area contributed by atoms with Crippen LogP contribution < -0.4 is 4.74 Å². The van der Waals surface area contributed by atoms with Gasteiger partial charge in [0, 0.05) is 6.54 Å². The summed E-state index contributed by atoms with van der Waals surface area (Å²) < 4.78 is 5.42. The quantitative estimate of drug-likeness (QED) is 0.602. The van der Waals surface area contributed by atoms with Gasteiger partial charge in [0.05, 0.1) is 13.1 Å². The molecule has 0 N–H and O–H groups in total. The van der Waals surface area contributed by atoms with Gasteiger partial charge in [0.2, 0.25) is 0 Å². The predicted octanol–water partition coefficient (Wildman–Crippen LogP) is 3.62. The maximum Gasteiger partial charge on any atom is 0.122 e. The Morgan fingerprint density at radius 3 is 2.41 bits per heavy atom. The number of ether oxygens (including phenoxy) is 1. The summed E-state index contributed by atoms with van der Waals surface area (Å²) in [4.78, 5) is 2.07. The Bertz CT molecular complexity index is 371. The van der Waals surface area contributed by atoms with E-state index >= 15 is 0 Å². The van der Waals surface area contributed by atoms with Crippen LogP contribution >= 0.6 is 11.6 Å². The number of alkyl halides is 1. The monoisotopic (exact) mass is 255 g/mol. The van der Waals surface area contributed by atoms with E-state index in [2.05, 4.69) is 37.8 Å². The van der Waals surface area contributed by atoms with Crippen molar-refractivity contribution in [3.63, 3.8) is 0 Å². The van der Waals surface area contributed by atoms with Crippen LogP contribution in [0.25, 0.3) is 0 Å². The molecule has 96 valence electrons. The maximum absolute atomic E-state index is 5.79. The lowest BCUT2D eigenvalue weighted by Crippen LogP contribution is -2.17. The lowest BCUT2D eigenvalue weighted by molar-refractivity contribution is 0.378. The van der Waals surface area contributed by atoms with Gasteiger partial charge in [-0.1, -0.05) is 32.9 Å². The van der Waals surface area contributed by atoms with Gasteiger partial charge in [-0.25, -0.2) is 0 Å². The molecule has 1 rings (SSSR count). The largest absolute Gasteiger partial charge is 0.496 e. The molecule has 0 aliphatic heterocycles. The minimum absolute atomic E-state index is 0.0842. The van der Waals surface area contributed by atoms with Crippen molar-refractivity contribution in [1.29, 1.82) is 0 Å². The molecule has 0 aromatic heterocycles. The van der Waals surface area contributed by atoms with Gasteiger partial charge >= 0.3 is 0 Å². The average Bonchev–Trinajstić information content (AvgIpc) is 2.27. The highest BCUT2D eigenvalue weighted by atomic mass is 35.5. The van der Waals surface area contributed by atoms with Crippen LogP contribution in [0.2, 0.25) is 0 Å². The summed E-state index contributed by atoms with van der Waals surface area (Å²) in [5, 5.41) is 0. The Hall–Kier alpha value is -0.730. The van der Waals surface area contributed by atoms with Gasteiger partial charge in [-0.3, -0.25) is 4.90 Å². The lowest BCUT2D eigenvalue weighted by Gasteiger charge is -2.23. The molecule has 2 nitrogen and oxygen atoms in total. The van der Waals surface area contributed by atoms with Crippen molar-refractivity contribution in [2.75, 3.05) is 20.2 Å². The number of benzene rings is 1. The average molecular weight is 256 g/mol. The molecule has 0 aliphatic rings. The zero-order chi connectivity index (χ0) is 13.1. The first kappa shape index (κ1) is 14.3. The van der Waals surface area contributed by atoms with Gasteiger partial charge in [0.15, 0.2) is 0 Å². The molecule has 0 radical (unpaired) electrons. The fourth-order valence-electron chi connectivity index (χ4n) is 1.79. The molecule has 0 saturated heterocycles. The van der Waals surface area contributed by atoms with Crippen molar-refractivity contribution >= 4 is 11.6 Å². The SMILES string of the molecule is COc1ccc(CN(C)CCl)cc1C(C)(C)C. The Morgan fingerprint density at radius 1 is 1.29 bits per heavy atom. The second-order valence-corrected chi connectivity index (χ2v) is 5.66. The van der Waals surface area contributed by atoms with E-state index in [4.69, 9.17) is 16.3 Å². The third-order valence-corrected chi connectivity index (χ3v) is 3.14. The standard InChI is InChI=1S/C14H22ClNO/c1-14(2,3)12-8-11(9-16(4)10-15)6-7-13(12)17-5/h6-8H,9-10H2,1-5H3. The van der Waals surface area contributed by atoms with Crippen molar-refractivity contribution in [3.8, 4) is 5.75 Å². The van der Waals surface area contributed by atoms with Crippen molar-refractivity contribution in [2.45, 2.75) is 32.7 Å². The number of hydrogen-bond donors (Lipinski definition) is 0. The fourth-order valence-corrected chi connectivity index (χ4v) is 1.88. The molecule has 17 heavy (non-hydrogen) atoms. The highest BCUT2D eigenvalue weighted by Crippen LogP contribution is 2.32. The number of nitrogens with zero attached hydrogens (tertiary/aromatic N) is 1. The van der Waals surface area contributed by atoms with E-state index < -0.39 is 0 Å². The van der Waals surface area contributed by atoms with Gasteiger partial charge in [0.25, 0.3) is 0 Å². The molecule has 0 fully saturated rings. The number of halogens is 1. The molecule has 0 heterocycles. The van der Waals surface area contributed by atoms with Crippen LogP contribution in [0.5, 0.6) is 5.75 Å². The van der Waals surface area contributed by atoms with E-state index in [0.717, 1.165) is 12.3 Å². The summed E-state index contributed by atoms with van der Waals surface area (Å²) in [6, 6.07) is 6.88. The van der Waals surface area contributed by atoms with Gasteiger partial charge in [-0.2, -0.15) is 0 Å². The molecule has 0 unspecified atom stereocenters. The van der Waals surface area contributed by atoms with E-state index in [1.54, 1.807) is 7.11 Å². The summed E-state index contributed by atoms with van der Waals surface area (Å²) in [6.07, 6.45) is 0. The third-order valence-electron chi connectivity index (χ3n) is 2.73. The molecule has 0 aliphatic carbocycles. The van der Waals surface area contributed by atoms with Gasteiger partial charge in [0.1, 0.15) is 5.75 Å². The first-order valence-electron chi connectivity index (χ1n) is 5.80. The van der Waals surface area contributed by atoms with E-state index in [-0.39, 0.29) is 5.41 Å². The maximum atomic E-state index is 5.79. The third kappa shape index (κ3) is 3.90. The Morgan fingerprint density at radius 2 is 1.94 bits per heavy atom. The van der Waals surface area contributed by atoms with Crippen LogP contribution in [-0.4, -0.2) is 25.1 Å². The van der Waals surface area contributed by atoms with E-state index in [1.807, 2.05) is 13.1 Å². The first-order valence-corrected chi connectivity index (χ1v) is 6.34. The summed E-state index contributed by atoms with van der Waals surface area (Å²) in [7, 11) is 3.73. The van der Waals surface area contributed by atoms with Crippen molar-refractivity contribution in [2.24, 2.45) is 0 Å². The van der Waals surface area contributed by atoms with Crippen LogP contribution in [0.1, 0.15) is 31.9 Å². The molecule has 0 atom stereocenters. The molecule has 0 spiro atoms. The van der Waals surface area contributed by atoms with Gasteiger partial charge in [-0.05, 0) is 29.7 Å². The van der Waals surface area contributed by atoms with E-state index in [1.165, 1.54) is 11.1 Å². The molecule has 0 bridgehead atoms. The topological polar surface area (TPSA) is 12.5 Å². The van der Waals surface area contributed by atoms with Crippen LogP contribution in [-0.2, 0) is 12.0 Å². The number of methoxy groups -OCH3 is 1. The molecule has 0 saturated carbocycles. The summed E-state index contributed by atoms with van der Waals surface area (Å²) in [6.45, 7) is 7.44. The summed E-state index contributed by atoms with van der Waals surface area (Å²) in [5.41, 5.74) is 2.58. The predicted molar refractivity (Wildman–Crippen MR) is 73.9 cm³/mol. The second kappa shape index (κ2) is 5.74. The zero-order valence-electron chi connectivity index (χ0n) is 11.4. The zero-order valence-corrected chi connectivity index (χ0v) is 12.1. The second-order valence-electron chi connectivity index (χ2n) is 5.42. The molecule has 1 aromatic rings. The van der Waals surface area contributed by atoms with Crippen molar-refractivity contribution in [3.05, 3.63) is 29.3 Å². The lowest BCUT2D eigenvalue weighted by atomic mass is 9.85. The highest BCUT2D eigenvalue weighted by molar-refractivity contribution is 6.17. The van der Waals surface area contributed by atoms with Crippen LogP contribution in [0.4, 0.5) is 0 Å². The number of rotatable bonds is 4. The minimum atomic E-state index is 0.0842. The number of hydrogen-bond acceptors (Lipinski definition) is 2. The first-order chi connectivity index (χ1) is 7.88. The molecular formula is C14H22ClNO. The Kier molecular flexibility index (Phi) is 4.84. The van der Waals surface area contributed by atoms with Crippen molar-refractivity contribution < 1.29 is 4.74 Å². The Labute approximate surface area is 110 Å². The molecule has 0 amide bonds. The molecular weight excluding hydrogens is 234 g/mol.